The minimum Gasteiger partial charge on any atom is -0.378 e. The zero-order chi connectivity index (χ0) is 11.4. The van der Waals surface area contributed by atoms with Gasteiger partial charge in [-0.3, -0.25) is 0 Å². The zero-order valence-electron chi connectivity index (χ0n) is 8.94. The van der Waals surface area contributed by atoms with Crippen molar-refractivity contribution in [1.82, 2.24) is 4.98 Å². The summed E-state index contributed by atoms with van der Waals surface area (Å²) in [6.45, 7) is 0.542. The number of methoxy groups -OCH3 is 1. The molecule has 0 aliphatic heterocycles. The quantitative estimate of drug-likeness (QED) is 0.815. The molecule has 1 aromatic heterocycles. The van der Waals surface area contributed by atoms with Gasteiger partial charge in [-0.05, 0) is 17.7 Å². The fourth-order valence-electron chi connectivity index (χ4n) is 1.42. The summed E-state index contributed by atoms with van der Waals surface area (Å²) in [5, 5.41) is 3.01. The van der Waals surface area contributed by atoms with Gasteiger partial charge in [0.25, 0.3) is 0 Å². The molecule has 0 radical (unpaired) electrons. The van der Waals surface area contributed by atoms with E-state index in [0.717, 1.165) is 22.7 Å². The average Bonchev–Trinajstić information content (AvgIpc) is 2.70. The SMILES string of the molecule is COCc1csc(Cc2ccc(F)cc2)n1. The molecule has 0 aliphatic carbocycles. The van der Waals surface area contributed by atoms with E-state index in [1.54, 1.807) is 30.6 Å². The first-order valence-electron chi connectivity index (χ1n) is 4.94. The van der Waals surface area contributed by atoms with Crippen LogP contribution in [-0.4, -0.2) is 12.1 Å². The van der Waals surface area contributed by atoms with Crippen LogP contribution in [0.4, 0.5) is 4.39 Å². The van der Waals surface area contributed by atoms with E-state index < -0.39 is 0 Å². The lowest BCUT2D eigenvalue weighted by atomic mass is 10.1. The van der Waals surface area contributed by atoms with Gasteiger partial charge in [-0.2, -0.15) is 0 Å². The van der Waals surface area contributed by atoms with Crippen LogP contribution in [0.15, 0.2) is 29.6 Å². The second-order valence-corrected chi connectivity index (χ2v) is 4.41. The molecular formula is C12H12FNOS. The van der Waals surface area contributed by atoms with Crippen LogP contribution < -0.4 is 0 Å². The smallest absolute Gasteiger partial charge is 0.123 e. The Morgan fingerprint density at radius 1 is 1.31 bits per heavy atom. The predicted octanol–water partition coefficient (Wildman–Crippen LogP) is 3.02. The summed E-state index contributed by atoms with van der Waals surface area (Å²) in [6, 6.07) is 6.51. The standard InChI is InChI=1S/C12H12FNOS/c1-15-7-11-8-16-12(14-11)6-9-2-4-10(13)5-3-9/h2-5,8H,6-7H2,1H3. The highest BCUT2D eigenvalue weighted by molar-refractivity contribution is 7.09. The molecular weight excluding hydrogens is 225 g/mol. The third-order valence-corrected chi connectivity index (χ3v) is 3.06. The molecule has 0 unspecified atom stereocenters. The highest BCUT2D eigenvalue weighted by Gasteiger charge is 2.03. The Bertz CT molecular complexity index is 452. The van der Waals surface area contributed by atoms with Crippen molar-refractivity contribution < 1.29 is 9.13 Å². The van der Waals surface area contributed by atoms with Crippen molar-refractivity contribution in [2.75, 3.05) is 7.11 Å². The fraction of sp³-hybridized carbons (Fsp3) is 0.250. The molecule has 0 N–H and O–H groups in total. The molecule has 1 heterocycles. The van der Waals surface area contributed by atoms with E-state index in [1.165, 1.54) is 12.1 Å². The van der Waals surface area contributed by atoms with Crippen LogP contribution >= 0.6 is 11.3 Å². The third-order valence-electron chi connectivity index (χ3n) is 2.16. The van der Waals surface area contributed by atoms with Crippen molar-refractivity contribution in [3.05, 3.63) is 51.7 Å². The number of aromatic nitrogens is 1. The highest BCUT2D eigenvalue weighted by atomic mass is 32.1. The van der Waals surface area contributed by atoms with Crippen molar-refractivity contribution in [2.24, 2.45) is 0 Å². The van der Waals surface area contributed by atoms with Crippen molar-refractivity contribution in [1.29, 1.82) is 0 Å². The Balaban J connectivity index is 2.05. The molecule has 4 heteroatoms. The molecule has 2 aromatic rings. The van der Waals surface area contributed by atoms with E-state index in [2.05, 4.69) is 4.98 Å². The normalized spacial score (nSPS) is 10.6. The zero-order valence-corrected chi connectivity index (χ0v) is 9.76. The molecule has 0 fully saturated rings. The van der Waals surface area contributed by atoms with Crippen LogP contribution in [0.1, 0.15) is 16.3 Å². The number of hydrogen-bond donors (Lipinski definition) is 0. The van der Waals surface area contributed by atoms with Gasteiger partial charge < -0.3 is 4.74 Å². The molecule has 2 nitrogen and oxygen atoms in total. The Hall–Kier alpha value is -1.26. The molecule has 2 rings (SSSR count). The summed E-state index contributed by atoms with van der Waals surface area (Å²) >= 11 is 1.60. The van der Waals surface area contributed by atoms with Crippen LogP contribution in [0.3, 0.4) is 0 Å². The van der Waals surface area contributed by atoms with Crippen molar-refractivity contribution in [3.8, 4) is 0 Å². The van der Waals surface area contributed by atoms with Crippen LogP contribution in [0, 0.1) is 5.82 Å². The molecule has 0 spiro atoms. The first-order valence-corrected chi connectivity index (χ1v) is 5.82. The average molecular weight is 237 g/mol. The summed E-state index contributed by atoms with van der Waals surface area (Å²) in [5.41, 5.74) is 2.02. The molecule has 84 valence electrons. The molecule has 0 saturated carbocycles. The number of thiazole rings is 1. The Morgan fingerprint density at radius 2 is 2.06 bits per heavy atom. The van der Waals surface area contributed by atoms with Gasteiger partial charge in [0, 0.05) is 18.9 Å². The van der Waals surface area contributed by atoms with Gasteiger partial charge >= 0.3 is 0 Å². The largest absolute Gasteiger partial charge is 0.378 e. The molecule has 0 amide bonds. The van der Waals surface area contributed by atoms with Gasteiger partial charge in [-0.15, -0.1) is 11.3 Å². The molecule has 16 heavy (non-hydrogen) atoms. The van der Waals surface area contributed by atoms with Crippen LogP contribution in [0.25, 0.3) is 0 Å². The maximum Gasteiger partial charge on any atom is 0.123 e. The van der Waals surface area contributed by atoms with E-state index in [0.29, 0.717) is 6.61 Å². The topological polar surface area (TPSA) is 22.1 Å². The van der Waals surface area contributed by atoms with Crippen molar-refractivity contribution in [2.45, 2.75) is 13.0 Å². The van der Waals surface area contributed by atoms with Gasteiger partial charge in [0.15, 0.2) is 0 Å². The number of benzene rings is 1. The predicted molar refractivity (Wildman–Crippen MR) is 62.0 cm³/mol. The Labute approximate surface area is 97.7 Å². The maximum absolute atomic E-state index is 12.7. The maximum atomic E-state index is 12.7. The number of rotatable bonds is 4. The van der Waals surface area contributed by atoms with Gasteiger partial charge in [0.2, 0.25) is 0 Å². The second kappa shape index (κ2) is 5.18. The Morgan fingerprint density at radius 3 is 2.75 bits per heavy atom. The molecule has 1 aromatic carbocycles. The summed E-state index contributed by atoms with van der Waals surface area (Å²) < 4.78 is 17.7. The van der Waals surface area contributed by atoms with Crippen molar-refractivity contribution in [3.63, 3.8) is 0 Å². The molecule has 0 saturated heterocycles. The fourth-order valence-corrected chi connectivity index (χ4v) is 2.23. The second-order valence-electron chi connectivity index (χ2n) is 3.47. The van der Waals surface area contributed by atoms with Gasteiger partial charge in [0.05, 0.1) is 17.3 Å². The van der Waals surface area contributed by atoms with Crippen LogP contribution in [0.2, 0.25) is 0 Å². The molecule has 0 atom stereocenters. The van der Waals surface area contributed by atoms with E-state index in [1.807, 2.05) is 5.38 Å². The summed E-state index contributed by atoms with van der Waals surface area (Å²) in [5.74, 6) is -0.206. The van der Waals surface area contributed by atoms with E-state index in [-0.39, 0.29) is 5.82 Å². The van der Waals surface area contributed by atoms with E-state index >= 15 is 0 Å². The first-order chi connectivity index (χ1) is 7.78. The van der Waals surface area contributed by atoms with Crippen molar-refractivity contribution >= 4 is 11.3 Å². The van der Waals surface area contributed by atoms with Crippen LogP contribution in [0.5, 0.6) is 0 Å². The number of halogens is 1. The third kappa shape index (κ3) is 2.87. The number of nitrogens with zero attached hydrogens (tertiary/aromatic N) is 1. The van der Waals surface area contributed by atoms with Gasteiger partial charge in [-0.25, -0.2) is 9.37 Å². The van der Waals surface area contributed by atoms with E-state index in [4.69, 9.17) is 4.74 Å². The first kappa shape index (κ1) is 11.2. The summed E-state index contributed by atoms with van der Waals surface area (Å²) in [4.78, 5) is 4.42. The summed E-state index contributed by atoms with van der Waals surface area (Å²) in [7, 11) is 1.65. The number of hydrogen-bond acceptors (Lipinski definition) is 3. The highest BCUT2D eigenvalue weighted by Crippen LogP contribution is 2.15. The molecule has 0 bridgehead atoms. The van der Waals surface area contributed by atoms with Gasteiger partial charge in [0.1, 0.15) is 5.82 Å². The van der Waals surface area contributed by atoms with Gasteiger partial charge in [-0.1, -0.05) is 12.1 Å². The number of ether oxygens (including phenoxy) is 1. The Kier molecular flexibility index (Phi) is 3.64. The summed E-state index contributed by atoms with van der Waals surface area (Å²) in [6.07, 6.45) is 0.745. The molecule has 0 aliphatic rings. The van der Waals surface area contributed by atoms with Crippen LogP contribution in [-0.2, 0) is 17.8 Å². The minimum atomic E-state index is -0.206. The minimum absolute atomic E-state index is 0.206. The lowest BCUT2D eigenvalue weighted by Crippen LogP contribution is -1.90. The monoisotopic (exact) mass is 237 g/mol. The lowest BCUT2D eigenvalue weighted by molar-refractivity contribution is 0.182. The lowest BCUT2D eigenvalue weighted by Gasteiger charge is -1.97. The van der Waals surface area contributed by atoms with E-state index in [9.17, 15) is 4.39 Å².